The molecule has 2 saturated carbocycles. The number of aliphatic hydroxyl groups is 3. The van der Waals surface area contributed by atoms with Gasteiger partial charge in [0.2, 0.25) is 11.7 Å². The van der Waals surface area contributed by atoms with Crippen LogP contribution in [0.4, 0.5) is 0 Å². The molecule has 0 spiro atoms. The molecule has 0 saturated heterocycles. The Labute approximate surface area is 218 Å². The van der Waals surface area contributed by atoms with Gasteiger partial charge in [-0.15, -0.1) is 0 Å². The van der Waals surface area contributed by atoms with Crippen LogP contribution >= 0.6 is 0 Å². The Kier molecular flexibility index (Phi) is 5.92. The SMILES string of the molecule is CN(C)C(=O)c1cccc(-c2ccc(O)c3c2C[C@H]2C[C@H]4CC(O)C(C(N)=O)C(=O)[C@@]4(O)C(=O)C2=C3O)c1. The number of phenolic OH excluding ortho intramolecular Hbond substituents is 1. The molecule has 0 aromatic heterocycles. The lowest BCUT2D eigenvalue weighted by Gasteiger charge is -2.48. The van der Waals surface area contributed by atoms with Crippen molar-refractivity contribution in [1.82, 2.24) is 4.90 Å². The highest BCUT2D eigenvalue weighted by Crippen LogP contribution is 2.52. The second-order valence-corrected chi connectivity index (χ2v) is 10.5. The zero-order chi connectivity index (χ0) is 27.7. The van der Waals surface area contributed by atoms with Gasteiger partial charge in [-0.2, -0.15) is 0 Å². The fourth-order valence-electron chi connectivity index (χ4n) is 6.27. The second kappa shape index (κ2) is 8.78. The molecule has 10 heteroatoms. The molecule has 0 heterocycles. The third-order valence-electron chi connectivity index (χ3n) is 8.09. The van der Waals surface area contributed by atoms with E-state index in [1.165, 1.54) is 11.0 Å². The standard InChI is InChI=1S/C28H28N2O8/c1-30(2)27(37)13-5-3-4-12(8-13)16-6-7-18(31)21-17(16)10-14-9-15-11-19(32)22(26(29)36)25(35)28(15,38)24(34)20(14)23(21)33/h3-8,14-15,19,22,31-33,38H,9-11H2,1-2H3,(H2,29,36)/t14-,15+,19?,22?,28+/m1/s1. The summed E-state index contributed by atoms with van der Waals surface area (Å²) in [6, 6.07) is 9.93. The number of carbonyl (C=O) groups is 4. The van der Waals surface area contributed by atoms with Gasteiger partial charge in [-0.05, 0) is 60.1 Å². The van der Waals surface area contributed by atoms with Gasteiger partial charge >= 0.3 is 0 Å². The van der Waals surface area contributed by atoms with E-state index in [2.05, 4.69) is 0 Å². The number of benzene rings is 2. The molecule has 2 amide bonds. The number of aromatic hydroxyl groups is 1. The summed E-state index contributed by atoms with van der Waals surface area (Å²) in [4.78, 5) is 52.5. The smallest absolute Gasteiger partial charge is 0.253 e. The maximum absolute atomic E-state index is 13.6. The van der Waals surface area contributed by atoms with Crippen molar-refractivity contribution < 1.29 is 39.6 Å². The summed E-state index contributed by atoms with van der Waals surface area (Å²) in [7, 11) is 3.28. The van der Waals surface area contributed by atoms with E-state index >= 15 is 0 Å². The molecule has 6 N–H and O–H groups in total. The van der Waals surface area contributed by atoms with Crippen molar-refractivity contribution in [2.75, 3.05) is 14.1 Å². The highest BCUT2D eigenvalue weighted by molar-refractivity contribution is 6.24. The van der Waals surface area contributed by atoms with E-state index in [4.69, 9.17) is 5.73 Å². The number of hydrogen-bond donors (Lipinski definition) is 5. The summed E-state index contributed by atoms with van der Waals surface area (Å²) in [5.41, 5.74) is 4.75. The van der Waals surface area contributed by atoms with Gasteiger partial charge in [-0.25, -0.2) is 0 Å². The van der Waals surface area contributed by atoms with E-state index in [1.807, 2.05) is 0 Å². The minimum absolute atomic E-state index is 0.00299. The molecular weight excluding hydrogens is 492 g/mol. The average Bonchev–Trinajstić information content (AvgIpc) is 2.85. The quantitative estimate of drug-likeness (QED) is 0.371. The monoisotopic (exact) mass is 520 g/mol. The number of nitrogens with two attached hydrogens (primary N) is 1. The van der Waals surface area contributed by atoms with Crippen molar-refractivity contribution in [1.29, 1.82) is 0 Å². The zero-order valence-electron chi connectivity index (χ0n) is 20.8. The Bertz CT molecular complexity index is 1440. The summed E-state index contributed by atoms with van der Waals surface area (Å²) < 4.78 is 0. The molecule has 3 aliphatic rings. The third-order valence-corrected chi connectivity index (χ3v) is 8.09. The van der Waals surface area contributed by atoms with Gasteiger partial charge in [0.05, 0.1) is 11.7 Å². The molecule has 3 aliphatic carbocycles. The van der Waals surface area contributed by atoms with Crippen LogP contribution in [-0.4, -0.2) is 74.5 Å². The minimum Gasteiger partial charge on any atom is -0.507 e. The van der Waals surface area contributed by atoms with Crippen LogP contribution in [-0.2, 0) is 20.8 Å². The molecule has 2 aromatic rings. The Morgan fingerprint density at radius 1 is 1.08 bits per heavy atom. The number of hydrogen-bond acceptors (Lipinski definition) is 8. The number of aliphatic hydroxyl groups excluding tert-OH is 2. The number of amides is 2. The number of phenols is 1. The second-order valence-electron chi connectivity index (χ2n) is 10.5. The number of primary amides is 1. The molecule has 0 bridgehead atoms. The van der Waals surface area contributed by atoms with Crippen LogP contribution in [0, 0.1) is 17.8 Å². The van der Waals surface area contributed by atoms with Gasteiger partial charge in [-0.1, -0.05) is 18.2 Å². The first kappa shape index (κ1) is 25.6. The number of rotatable bonds is 3. The van der Waals surface area contributed by atoms with E-state index in [0.717, 1.165) is 0 Å². The van der Waals surface area contributed by atoms with Crippen LogP contribution in [0.15, 0.2) is 42.0 Å². The first-order valence-electron chi connectivity index (χ1n) is 12.3. The molecule has 5 rings (SSSR count). The van der Waals surface area contributed by atoms with Gasteiger partial charge < -0.3 is 31.1 Å². The number of nitrogens with zero attached hydrogens (tertiary/aromatic N) is 1. The molecule has 0 radical (unpaired) electrons. The van der Waals surface area contributed by atoms with Crippen molar-refractivity contribution in [3.05, 3.63) is 58.7 Å². The van der Waals surface area contributed by atoms with Crippen LogP contribution in [0.1, 0.15) is 34.3 Å². The summed E-state index contributed by atoms with van der Waals surface area (Å²) in [6.45, 7) is 0. The third kappa shape index (κ3) is 3.55. The summed E-state index contributed by atoms with van der Waals surface area (Å²) >= 11 is 0. The Balaban J connectivity index is 1.64. The normalized spacial score (nSPS) is 28.3. The summed E-state index contributed by atoms with van der Waals surface area (Å²) in [5.74, 6) is -7.78. The minimum atomic E-state index is -2.62. The van der Waals surface area contributed by atoms with E-state index in [0.29, 0.717) is 22.3 Å². The molecule has 10 nitrogen and oxygen atoms in total. The molecule has 2 fully saturated rings. The van der Waals surface area contributed by atoms with Gasteiger partial charge in [0, 0.05) is 31.1 Å². The fraction of sp³-hybridized carbons (Fsp3) is 0.357. The Morgan fingerprint density at radius 2 is 1.79 bits per heavy atom. The van der Waals surface area contributed by atoms with Crippen LogP contribution in [0.3, 0.4) is 0 Å². The molecular formula is C28H28N2O8. The van der Waals surface area contributed by atoms with Crippen molar-refractivity contribution in [2.45, 2.75) is 31.0 Å². The van der Waals surface area contributed by atoms with E-state index in [1.54, 1.807) is 44.4 Å². The van der Waals surface area contributed by atoms with Crippen molar-refractivity contribution in [3.63, 3.8) is 0 Å². The van der Waals surface area contributed by atoms with Gasteiger partial charge in [-0.3, -0.25) is 19.2 Å². The predicted molar refractivity (Wildman–Crippen MR) is 135 cm³/mol. The van der Waals surface area contributed by atoms with E-state index in [9.17, 15) is 39.6 Å². The lowest BCUT2D eigenvalue weighted by atomic mass is 9.56. The lowest BCUT2D eigenvalue weighted by Crippen LogP contribution is -2.66. The summed E-state index contributed by atoms with van der Waals surface area (Å²) in [5, 5.41) is 43.7. The van der Waals surface area contributed by atoms with Gasteiger partial charge in [0.1, 0.15) is 17.4 Å². The van der Waals surface area contributed by atoms with E-state index < -0.39 is 52.7 Å². The number of fused-ring (bicyclic) bond motifs is 3. The lowest BCUT2D eigenvalue weighted by molar-refractivity contribution is -0.174. The van der Waals surface area contributed by atoms with Crippen molar-refractivity contribution in [3.8, 4) is 16.9 Å². The molecule has 0 aliphatic heterocycles. The fourth-order valence-corrected chi connectivity index (χ4v) is 6.27. The summed E-state index contributed by atoms with van der Waals surface area (Å²) in [6.07, 6.45) is -1.37. The van der Waals surface area contributed by atoms with Crippen molar-refractivity contribution in [2.24, 2.45) is 23.5 Å². The first-order valence-corrected chi connectivity index (χ1v) is 12.3. The number of Topliss-reactive ketones (excluding diaryl/α,β-unsaturated/α-hetero) is 2. The van der Waals surface area contributed by atoms with Crippen molar-refractivity contribution >= 4 is 29.1 Å². The molecule has 2 aromatic carbocycles. The maximum Gasteiger partial charge on any atom is 0.253 e. The van der Waals surface area contributed by atoms with Crippen LogP contribution in [0.5, 0.6) is 5.75 Å². The zero-order valence-corrected chi connectivity index (χ0v) is 20.8. The predicted octanol–water partition coefficient (Wildman–Crippen LogP) is 0.958. The average molecular weight is 521 g/mol. The Morgan fingerprint density at radius 3 is 2.45 bits per heavy atom. The Hall–Kier alpha value is -4.02. The topological polar surface area (TPSA) is 178 Å². The highest BCUT2D eigenvalue weighted by Gasteiger charge is 2.63. The largest absolute Gasteiger partial charge is 0.507 e. The van der Waals surface area contributed by atoms with Crippen LogP contribution in [0.2, 0.25) is 0 Å². The van der Waals surface area contributed by atoms with E-state index in [-0.39, 0.29) is 42.1 Å². The van der Waals surface area contributed by atoms with Gasteiger partial charge in [0.25, 0.3) is 5.91 Å². The maximum atomic E-state index is 13.6. The molecule has 198 valence electrons. The van der Waals surface area contributed by atoms with Crippen LogP contribution < -0.4 is 5.73 Å². The molecule has 5 atom stereocenters. The van der Waals surface area contributed by atoms with Crippen LogP contribution in [0.25, 0.3) is 16.9 Å². The van der Waals surface area contributed by atoms with Gasteiger partial charge in [0.15, 0.2) is 11.4 Å². The molecule has 2 unspecified atom stereocenters. The highest BCUT2D eigenvalue weighted by atomic mass is 16.3. The number of carbonyl (C=O) groups excluding carboxylic acids is 4. The number of ketones is 2. The first-order chi connectivity index (χ1) is 17.9. The molecule has 38 heavy (non-hydrogen) atoms.